The highest BCUT2D eigenvalue weighted by molar-refractivity contribution is 7.84. The molecule has 0 radical (unpaired) electrons. The van der Waals surface area contributed by atoms with Crippen LogP contribution in [0.15, 0.2) is 53.4 Å². The van der Waals surface area contributed by atoms with Crippen LogP contribution in [0.25, 0.3) is 21.5 Å². The van der Waals surface area contributed by atoms with Gasteiger partial charge in [0.25, 0.3) is 0 Å². The molecule has 0 aromatic heterocycles. The Kier molecular flexibility index (Phi) is 2.11. The summed E-state index contributed by atoms with van der Waals surface area (Å²) in [6.45, 7) is 0. The quantitative estimate of drug-likeness (QED) is 0.582. The molecule has 0 aliphatic heterocycles. The SMILES string of the molecule is CS(=O)c1ccc2c(c1)c[c-]1ccccc21. The lowest BCUT2D eigenvalue weighted by molar-refractivity contribution is 0.687. The Morgan fingerprint density at radius 1 is 1.19 bits per heavy atom. The molecule has 1 atom stereocenters. The van der Waals surface area contributed by atoms with Gasteiger partial charge in [0.1, 0.15) is 0 Å². The van der Waals surface area contributed by atoms with Gasteiger partial charge in [-0.1, -0.05) is 23.6 Å². The standard InChI is InChI=1S/C14H11OS/c1-16(15)12-6-7-14-11(9-12)8-10-4-2-3-5-13(10)14/h2-9H,1H3/q-1. The zero-order valence-electron chi connectivity index (χ0n) is 8.94. The Bertz CT molecular complexity index is 694. The number of hydrogen-bond donors (Lipinski definition) is 0. The minimum Gasteiger partial charge on any atom is -0.255 e. The van der Waals surface area contributed by atoms with E-state index in [0.717, 1.165) is 4.90 Å². The third kappa shape index (κ3) is 1.38. The molecule has 3 aromatic rings. The second-order valence-corrected chi connectivity index (χ2v) is 5.31. The van der Waals surface area contributed by atoms with E-state index in [2.05, 4.69) is 24.3 Å². The average Bonchev–Trinajstić information content (AvgIpc) is 2.66. The minimum atomic E-state index is -0.907. The van der Waals surface area contributed by atoms with Crippen molar-refractivity contribution in [3.8, 4) is 0 Å². The fourth-order valence-corrected chi connectivity index (χ4v) is 2.67. The Hall–Kier alpha value is -1.54. The smallest absolute Gasteiger partial charge is 0.0491 e. The molecule has 3 aromatic carbocycles. The molecule has 3 rings (SSSR count). The maximum absolute atomic E-state index is 11.4. The summed E-state index contributed by atoms with van der Waals surface area (Å²) >= 11 is 0. The highest BCUT2D eigenvalue weighted by Crippen LogP contribution is 2.29. The van der Waals surface area contributed by atoms with Crippen LogP contribution in [0.5, 0.6) is 0 Å². The molecule has 0 aliphatic carbocycles. The Labute approximate surface area is 96.5 Å². The first-order chi connectivity index (χ1) is 7.75. The highest BCUT2D eigenvalue weighted by Gasteiger charge is 1.99. The molecule has 0 spiro atoms. The number of fused-ring (bicyclic) bond motifs is 3. The van der Waals surface area contributed by atoms with Gasteiger partial charge in [-0.2, -0.15) is 0 Å². The second-order valence-electron chi connectivity index (χ2n) is 3.93. The molecule has 0 amide bonds. The van der Waals surface area contributed by atoms with Gasteiger partial charge in [0.15, 0.2) is 0 Å². The fourth-order valence-electron chi connectivity index (χ4n) is 2.12. The van der Waals surface area contributed by atoms with Crippen molar-refractivity contribution in [2.24, 2.45) is 0 Å². The lowest BCUT2D eigenvalue weighted by Crippen LogP contribution is -1.85. The van der Waals surface area contributed by atoms with Gasteiger partial charge in [0.05, 0.1) is 0 Å². The maximum Gasteiger partial charge on any atom is 0.0491 e. The van der Waals surface area contributed by atoms with E-state index in [1.54, 1.807) is 6.26 Å². The Morgan fingerprint density at radius 2 is 2.06 bits per heavy atom. The molecule has 0 N–H and O–H groups in total. The molecule has 0 heterocycles. The summed E-state index contributed by atoms with van der Waals surface area (Å²) in [5.41, 5.74) is 0. The first-order valence-electron chi connectivity index (χ1n) is 5.17. The van der Waals surface area contributed by atoms with Gasteiger partial charge in [0, 0.05) is 22.0 Å². The highest BCUT2D eigenvalue weighted by atomic mass is 32.2. The van der Waals surface area contributed by atoms with Crippen LogP contribution < -0.4 is 0 Å². The summed E-state index contributed by atoms with van der Waals surface area (Å²) in [5.74, 6) is 0. The van der Waals surface area contributed by atoms with E-state index < -0.39 is 10.8 Å². The maximum atomic E-state index is 11.4. The first kappa shape index (κ1) is 9.67. The second kappa shape index (κ2) is 3.49. The molecule has 2 heteroatoms. The predicted octanol–water partition coefficient (Wildman–Crippen LogP) is 3.45. The zero-order valence-corrected chi connectivity index (χ0v) is 9.75. The van der Waals surface area contributed by atoms with E-state index >= 15 is 0 Å². The van der Waals surface area contributed by atoms with Gasteiger partial charge in [-0.15, -0.1) is 46.5 Å². The van der Waals surface area contributed by atoms with E-state index in [0.29, 0.717) is 0 Å². The lowest BCUT2D eigenvalue weighted by Gasteiger charge is -2.01. The van der Waals surface area contributed by atoms with Gasteiger partial charge >= 0.3 is 0 Å². The van der Waals surface area contributed by atoms with Crippen molar-refractivity contribution in [2.75, 3.05) is 6.26 Å². The first-order valence-corrected chi connectivity index (χ1v) is 6.73. The van der Waals surface area contributed by atoms with Crippen LogP contribution >= 0.6 is 0 Å². The Morgan fingerprint density at radius 3 is 2.88 bits per heavy atom. The van der Waals surface area contributed by atoms with E-state index in [1.807, 2.05) is 24.3 Å². The minimum absolute atomic E-state index is 0.891. The summed E-state index contributed by atoms with van der Waals surface area (Å²) in [6, 6.07) is 16.5. The number of rotatable bonds is 1. The van der Waals surface area contributed by atoms with Crippen molar-refractivity contribution in [1.82, 2.24) is 0 Å². The van der Waals surface area contributed by atoms with Crippen molar-refractivity contribution in [3.63, 3.8) is 0 Å². The third-order valence-electron chi connectivity index (χ3n) is 2.92. The van der Waals surface area contributed by atoms with Gasteiger partial charge < -0.3 is 0 Å². The normalized spacial score (nSPS) is 13.3. The fraction of sp³-hybridized carbons (Fsp3) is 0.0714. The third-order valence-corrected chi connectivity index (χ3v) is 3.83. The molecule has 1 unspecified atom stereocenters. The van der Waals surface area contributed by atoms with Gasteiger partial charge in [0.2, 0.25) is 0 Å². The topological polar surface area (TPSA) is 17.1 Å². The molecular formula is C14H11OS-. The molecule has 0 fully saturated rings. The monoisotopic (exact) mass is 227 g/mol. The van der Waals surface area contributed by atoms with Crippen LogP contribution in [0.4, 0.5) is 0 Å². The van der Waals surface area contributed by atoms with Crippen LogP contribution in [0.3, 0.4) is 0 Å². The summed E-state index contributed by atoms with van der Waals surface area (Å²) in [6.07, 6.45) is 1.71. The summed E-state index contributed by atoms with van der Waals surface area (Å²) in [5, 5.41) is 4.93. The van der Waals surface area contributed by atoms with Crippen LogP contribution in [0, 0.1) is 0 Å². The molecule has 0 saturated carbocycles. The zero-order chi connectivity index (χ0) is 11.1. The van der Waals surface area contributed by atoms with Crippen molar-refractivity contribution >= 4 is 32.3 Å². The van der Waals surface area contributed by atoms with Crippen molar-refractivity contribution < 1.29 is 4.21 Å². The van der Waals surface area contributed by atoms with E-state index in [4.69, 9.17) is 0 Å². The summed E-state index contributed by atoms with van der Waals surface area (Å²) in [4.78, 5) is 0.891. The summed E-state index contributed by atoms with van der Waals surface area (Å²) in [7, 11) is -0.907. The molecule has 80 valence electrons. The van der Waals surface area contributed by atoms with E-state index in [9.17, 15) is 4.21 Å². The molecular weight excluding hydrogens is 216 g/mol. The number of benzene rings is 2. The van der Waals surface area contributed by atoms with Crippen LogP contribution in [-0.2, 0) is 10.8 Å². The van der Waals surface area contributed by atoms with Crippen molar-refractivity contribution in [3.05, 3.63) is 48.5 Å². The van der Waals surface area contributed by atoms with Gasteiger partial charge in [-0.3, -0.25) is 4.21 Å². The molecule has 0 aliphatic rings. The summed E-state index contributed by atoms with van der Waals surface area (Å²) < 4.78 is 11.4. The Balaban J connectivity index is 2.41. The predicted molar refractivity (Wildman–Crippen MR) is 69.4 cm³/mol. The largest absolute Gasteiger partial charge is 0.255 e. The molecule has 1 nitrogen and oxygen atoms in total. The van der Waals surface area contributed by atoms with Crippen molar-refractivity contribution in [2.45, 2.75) is 4.90 Å². The van der Waals surface area contributed by atoms with E-state index in [1.165, 1.54) is 21.5 Å². The van der Waals surface area contributed by atoms with Crippen LogP contribution in [0.1, 0.15) is 0 Å². The van der Waals surface area contributed by atoms with Crippen LogP contribution in [-0.4, -0.2) is 10.5 Å². The number of hydrogen-bond acceptors (Lipinski definition) is 1. The molecule has 16 heavy (non-hydrogen) atoms. The van der Waals surface area contributed by atoms with E-state index in [-0.39, 0.29) is 0 Å². The lowest BCUT2D eigenvalue weighted by atomic mass is 10.2. The van der Waals surface area contributed by atoms with Crippen molar-refractivity contribution in [1.29, 1.82) is 0 Å². The average molecular weight is 227 g/mol. The van der Waals surface area contributed by atoms with Gasteiger partial charge in [-0.05, 0) is 0 Å². The van der Waals surface area contributed by atoms with Crippen LogP contribution in [0.2, 0.25) is 0 Å². The van der Waals surface area contributed by atoms with Gasteiger partial charge in [-0.25, -0.2) is 0 Å². The molecule has 0 bridgehead atoms. The molecule has 0 saturated heterocycles.